The summed E-state index contributed by atoms with van der Waals surface area (Å²) in [4.78, 5) is 55.2. The number of aliphatic hydroxyl groups is 3. The lowest BCUT2D eigenvalue weighted by atomic mass is 9.88. The topological polar surface area (TPSA) is 179 Å². The third kappa shape index (κ3) is 11.8. The van der Waals surface area contributed by atoms with Gasteiger partial charge in [-0.15, -0.1) is 0 Å². The average Bonchev–Trinajstić information content (AvgIpc) is 3.82. The van der Waals surface area contributed by atoms with Crippen molar-refractivity contribution in [1.82, 2.24) is 14.7 Å². The summed E-state index contributed by atoms with van der Waals surface area (Å²) in [6.07, 6.45) is 8.79. The van der Waals surface area contributed by atoms with Crippen LogP contribution in [-0.4, -0.2) is 148 Å². The van der Waals surface area contributed by atoms with E-state index >= 15 is 0 Å². The SMILES string of the molecule is CC[C@H](O)[C@@H](C)[C@@H]1O[C@H]1CC(C)(O)/C=C/C=C(\C)C1OC(=O)CC(O)CCC(C)(OC)C(OC(=O)N2CCN(CCN3C(=O)C=CC3=O)CC2)C=CC1C. The quantitative estimate of drug-likeness (QED) is 0.0824. The van der Waals surface area contributed by atoms with E-state index in [0.29, 0.717) is 57.6 Å². The fourth-order valence-corrected chi connectivity index (χ4v) is 7.24. The third-order valence-electron chi connectivity index (χ3n) is 11.2. The smallest absolute Gasteiger partial charge is 0.410 e. The zero-order valence-corrected chi connectivity index (χ0v) is 32.9. The first-order valence-corrected chi connectivity index (χ1v) is 19.2. The van der Waals surface area contributed by atoms with Crippen molar-refractivity contribution in [2.45, 2.75) is 121 Å². The summed E-state index contributed by atoms with van der Waals surface area (Å²) in [5, 5.41) is 32.1. The third-order valence-corrected chi connectivity index (χ3v) is 11.2. The molecule has 0 spiro atoms. The van der Waals surface area contributed by atoms with Crippen molar-refractivity contribution in [3.05, 3.63) is 48.1 Å². The van der Waals surface area contributed by atoms with Crippen molar-refractivity contribution in [2.75, 3.05) is 46.4 Å². The Morgan fingerprint density at radius 2 is 1.80 bits per heavy atom. The zero-order chi connectivity index (χ0) is 39.8. The Balaban J connectivity index is 1.42. The second-order valence-corrected chi connectivity index (χ2v) is 15.7. The number of ether oxygens (including phenoxy) is 4. The van der Waals surface area contributed by atoms with Gasteiger partial charge in [-0.2, -0.15) is 0 Å². The lowest BCUT2D eigenvalue weighted by Gasteiger charge is -2.39. The van der Waals surface area contributed by atoms with Crippen LogP contribution in [0.4, 0.5) is 4.79 Å². The molecule has 0 aliphatic carbocycles. The molecule has 0 saturated carbocycles. The van der Waals surface area contributed by atoms with Crippen LogP contribution in [0, 0.1) is 11.8 Å². The molecule has 4 heterocycles. The Labute approximate surface area is 319 Å². The van der Waals surface area contributed by atoms with Crippen LogP contribution in [0.1, 0.15) is 73.6 Å². The van der Waals surface area contributed by atoms with E-state index in [2.05, 4.69) is 4.90 Å². The van der Waals surface area contributed by atoms with Crippen molar-refractivity contribution in [2.24, 2.45) is 11.8 Å². The van der Waals surface area contributed by atoms with E-state index in [1.807, 2.05) is 40.7 Å². The normalized spacial score (nSPS) is 32.6. The Morgan fingerprint density at radius 1 is 1.13 bits per heavy atom. The van der Waals surface area contributed by atoms with Crippen LogP contribution in [0.15, 0.2) is 48.1 Å². The molecule has 14 heteroatoms. The van der Waals surface area contributed by atoms with Crippen LogP contribution in [0.5, 0.6) is 0 Å². The monoisotopic (exact) mass is 759 g/mol. The Kier molecular flexibility index (Phi) is 15.2. The second-order valence-electron chi connectivity index (χ2n) is 15.7. The molecule has 3 amide bonds. The molecule has 2 fully saturated rings. The van der Waals surface area contributed by atoms with Gasteiger partial charge in [-0.3, -0.25) is 24.2 Å². The number of hydrogen-bond acceptors (Lipinski definition) is 12. The van der Waals surface area contributed by atoms with Crippen molar-refractivity contribution in [3.8, 4) is 0 Å². The van der Waals surface area contributed by atoms with Gasteiger partial charge in [0.2, 0.25) is 0 Å². The Morgan fingerprint density at radius 3 is 2.43 bits per heavy atom. The predicted octanol–water partition coefficient (Wildman–Crippen LogP) is 2.91. The number of allylic oxidation sites excluding steroid dienone is 2. The lowest BCUT2D eigenvalue weighted by molar-refractivity contribution is -0.151. The highest BCUT2D eigenvalue weighted by Crippen LogP contribution is 2.37. The minimum Gasteiger partial charge on any atom is -0.457 e. The molecule has 0 aromatic carbocycles. The summed E-state index contributed by atoms with van der Waals surface area (Å²) in [5.41, 5.74) is -1.49. The van der Waals surface area contributed by atoms with Gasteiger partial charge < -0.3 is 39.2 Å². The first-order valence-electron chi connectivity index (χ1n) is 19.2. The summed E-state index contributed by atoms with van der Waals surface area (Å²) < 4.78 is 23.7. The molecule has 0 aromatic heterocycles. The number of piperazine rings is 1. The zero-order valence-electron chi connectivity index (χ0n) is 32.9. The summed E-state index contributed by atoms with van der Waals surface area (Å²) in [7, 11) is 1.52. The molecule has 54 heavy (non-hydrogen) atoms. The van der Waals surface area contributed by atoms with Crippen molar-refractivity contribution in [1.29, 1.82) is 0 Å². The number of methoxy groups -OCH3 is 1. The number of carbonyl (C=O) groups is 4. The van der Waals surface area contributed by atoms with Crippen molar-refractivity contribution in [3.63, 3.8) is 0 Å². The van der Waals surface area contributed by atoms with Gasteiger partial charge in [0.25, 0.3) is 11.8 Å². The first kappa shape index (κ1) is 43.3. The number of aliphatic hydroxyl groups excluding tert-OH is 2. The number of amides is 3. The number of epoxide rings is 1. The fraction of sp³-hybridized carbons (Fsp3) is 0.700. The maximum absolute atomic E-state index is 13.5. The van der Waals surface area contributed by atoms with Gasteiger partial charge in [-0.1, -0.05) is 45.1 Å². The van der Waals surface area contributed by atoms with Gasteiger partial charge in [-0.05, 0) is 51.7 Å². The summed E-state index contributed by atoms with van der Waals surface area (Å²) in [5.74, 6) is -1.59. The molecule has 4 aliphatic heterocycles. The number of nitrogens with zero attached hydrogens (tertiary/aromatic N) is 3. The van der Waals surface area contributed by atoms with E-state index in [4.69, 9.17) is 18.9 Å². The molecule has 4 rings (SSSR count). The molecule has 3 N–H and O–H groups in total. The van der Waals surface area contributed by atoms with Gasteiger partial charge >= 0.3 is 12.1 Å². The molecule has 2 saturated heterocycles. The standard InChI is InChI=1S/C40H61N3O11/c1-8-30(45)28(4)37-31(52-37)25-39(5,50)16-9-10-26(2)36-27(3)11-12-32(40(6,51-7)17-15-29(44)24-35(48)54-36)53-38(49)42-21-18-41(19-22-42)20-23-43-33(46)13-14-34(43)47/h9-14,16,27-32,36-37,44-45,50H,8,15,17-25H2,1-7H3/b12-11?,16-9+,26-10+/t27?,28-,29?,30+,31+,32?,36?,37+,39?,40?/m1/s1. The van der Waals surface area contributed by atoms with Gasteiger partial charge in [0.1, 0.15) is 11.7 Å². The van der Waals surface area contributed by atoms with Crippen molar-refractivity contribution >= 4 is 23.9 Å². The second kappa shape index (κ2) is 19.0. The van der Waals surface area contributed by atoms with Gasteiger partial charge in [-0.25, -0.2) is 4.79 Å². The number of cyclic esters (lactones) is 1. The van der Waals surface area contributed by atoms with E-state index in [1.165, 1.54) is 24.2 Å². The highest BCUT2D eigenvalue weighted by atomic mass is 16.6. The minimum atomic E-state index is -1.17. The molecule has 0 bridgehead atoms. The highest BCUT2D eigenvalue weighted by Gasteiger charge is 2.47. The molecule has 0 radical (unpaired) electrons. The van der Waals surface area contributed by atoms with Gasteiger partial charge in [0.15, 0.2) is 6.10 Å². The van der Waals surface area contributed by atoms with E-state index < -0.39 is 47.7 Å². The molecule has 6 unspecified atom stereocenters. The van der Waals surface area contributed by atoms with E-state index in [1.54, 1.807) is 36.1 Å². The molecule has 0 aromatic rings. The maximum Gasteiger partial charge on any atom is 0.410 e. The number of imide groups is 1. The van der Waals surface area contributed by atoms with Gasteiger partial charge in [0.05, 0.1) is 36.4 Å². The van der Waals surface area contributed by atoms with Crippen LogP contribution in [0.3, 0.4) is 0 Å². The van der Waals surface area contributed by atoms with Gasteiger partial charge in [0, 0.05) is 76.8 Å². The average molecular weight is 760 g/mol. The summed E-state index contributed by atoms with van der Waals surface area (Å²) in [6, 6.07) is 0. The van der Waals surface area contributed by atoms with Crippen LogP contribution in [0.2, 0.25) is 0 Å². The van der Waals surface area contributed by atoms with Crippen LogP contribution in [-0.2, 0) is 33.3 Å². The number of rotatable bonds is 13. The fourth-order valence-electron chi connectivity index (χ4n) is 7.24. The largest absolute Gasteiger partial charge is 0.457 e. The highest BCUT2D eigenvalue weighted by molar-refractivity contribution is 6.12. The van der Waals surface area contributed by atoms with Crippen LogP contribution < -0.4 is 0 Å². The van der Waals surface area contributed by atoms with Crippen LogP contribution in [0.25, 0.3) is 0 Å². The minimum absolute atomic E-state index is 0.0243. The molecule has 302 valence electrons. The number of carbonyl (C=O) groups excluding carboxylic acids is 4. The molecule has 4 aliphatic rings. The van der Waals surface area contributed by atoms with E-state index in [0.717, 1.165) is 0 Å². The van der Waals surface area contributed by atoms with Crippen LogP contribution >= 0.6 is 0 Å². The first-order chi connectivity index (χ1) is 25.5. The predicted molar refractivity (Wildman–Crippen MR) is 200 cm³/mol. The Hall–Kier alpha value is -3.40. The number of hydrogen-bond donors (Lipinski definition) is 3. The summed E-state index contributed by atoms with van der Waals surface area (Å²) in [6.45, 7) is 13.8. The summed E-state index contributed by atoms with van der Waals surface area (Å²) >= 11 is 0. The Bertz CT molecular complexity index is 1430. The molecular formula is C40H61N3O11. The van der Waals surface area contributed by atoms with Crippen molar-refractivity contribution < 1.29 is 53.4 Å². The number of esters is 1. The molecular weight excluding hydrogens is 698 g/mol. The lowest BCUT2D eigenvalue weighted by Crippen LogP contribution is -2.52. The maximum atomic E-state index is 13.5. The molecule has 14 nitrogen and oxygen atoms in total. The molecule has 10 atom stereocenters. The van der Waals surface area contributed by atoms with E-state index in [-0.39, 0.29) is 55.2 Å². The van der Waals surface area contributed by atoms with E-state index in [9.17, 15) is 34.5 Å².